The molecule has 1 N–H and O–H groups in total. The van der Waals surface area contributed by atoms with Gasteiger partial charge in [-0.3, -0.25) is 0 Å². The summed E-state index contributed by atoms with van der Waals surface area (Å²) in [6, 6.07) is 11.3. The second-order valence-electron chi connectivity index (χ2n) is 5.11. The monoisotopic (exact) mass is 240 g/mol. The molecule has 0 fully saturated rings. The smallest absolute Gasteiger partial charge is 0.0473 e. The summed E-state index contributed by atoms with van der Waals surface area (Å²) in [4.78, 5) is 0. The van der Waals surface area contributed by atoms with Crippen molar-refractivity contribution in [2.24, 2.45) is 0 Å². The summed E-state index contributed by atoms with van der Waals surface area (Å²) >= 11 is 0. The zero-order valence-electron chi connectivity index (χ0n) is 10.9. The van der Waals surface area contributed by atoms with Gasteiger partial charge in [0.05, 0.1) is 0 Å². The highest BCUT2D eigenvalue weighted by Gasteiger charge is 2.11. The van der Waals surface area contributed by atoms with Crippen LogP contribution < -0.4 is 5.32 Å². The number of nitrogens with zero attached hydrogens (tertiary/aromatic N) is 1. The number of hydrogen-bond donors (Lipinski definition) is 1. The number of rotatable bonds is 4. The second-order valence-corrected chi connectivity index (χ2v) is 5.11. The van der Waals surface area contributed by atoms with E-state index in [9.17, 15) is 0 Å². The SMILES string of the molecule is CNCc1cccn1Cc1ccc2c(c1)CCC2. The summed E-state index contributed by atoms with van der Waals surface area (Å²) in [7, 11) is 1.99. The maximum atomic E-state index is 3.22. The standard InChI is InChI=1S/C16H20N2/c1-17-11-16-6-3-9-18(16)12-13-7-8-14-4-2-5-15(14)10-13/h3,6-10,17H,2,4-5,11-12H2,1H3. The lowest BCUT2D eigenvalue weighted by Gasteiger charge is -2.10. The lowest BCUT2D eigenvalue weighted by atomic mass is 10.1. The summed E-state index contributed by atoms with van der Waals surface area (Å²) in [6.45, 7) is 1.91. The fraction of sp³-hybridized carbons (Fsp3) is 0.375. The van der Waals surface area contributed by atoms with E-state index in [1.807, 2.05) is 7.05 Å². The van der Waals surface area contributed by atoms with Gasteiger partial charge >= 0.3 is 0 Å². The van der Waals surface area contributed by atoms with Crippen LogP contribution in [0.2, 0.25) is 0 Å². The minimum atomic E-state index is 0.929. The molecule has 1 aliphatic rings. The Morgan fingerprint density at radius 3 is 2.94 bits per heavy atom. The van der Waals surface area contributed by atoms with Crippen LogP contribution in [0.5, 0.6) is 0 Å². The number of aryl methyl sites for hydroxylation is 2. The van der Waals surface area contributed by atoms with Gasteiger partial charge in [0, 0.05) is 25.0 Å². The van der Waals surface area contributed by atoms with Crippen molar-refractivity contribution in [3.05, 3.63) is 58.9 Å². The first kappa shape index (κ1) is 11.5. The van der Waals surface area contributed by atoms with E-state index in [0.717, 1.165) is 13.1 Å². The van der Waals surface area contributed by atoms with Gasteiger partial charge in [0.2, 0.25) is 0 Å². The highest BCUT2D eigenvalue weighted by molar-refractivity contribution is 5.35. The lowest BCUT2D eigenvalue weighted by Crippen LogP contribution is -2.11. The van der Waals surface area contributed by atoms with Crippen LogP contribution in [-0.4, -0.2) is 11.6 Å². The van der Waals surface area contributed by atoms with Crippen molar-refractivity contribution in [2.45, 2.75) is 32.4 Å². The predicted molar refractivity (Wildman–Crippen MR) is 74.8 cm³/mol. The molecule has 0 radical (unpaired) electrons. The maximum Gasteiger partial charge on any atom is 0.0473 e. The Morgan fingerprint density at radius 2 is 2.06 bits per heavy atom. The zero-order chi connectivity index (χ0) is 12.4. The van der Waals surface area contributed by atoms with E-state index in [4.69, 9.17) is 0 Å². The molecule has 0 amide bonds. The summed E-state index contributed by atoms with van der Waals surface area (Å²) in [5.41, 5.74) is 5.89. The molecule has 94 valence electrons. The van der Waals surface area contributed by atoms with Crippen LogP contribution in [0, 0.1) is 0 Å². The van der Waals surface area contributed by atoms with Gasteiger partial charge < -0.3 is 9.88 Å². The van der Waals surface area contributed by atoms with Gasteiger partial charge in [0.15, 0.2) is 0 Å². The van der Waals surface area contributed by atoms with Gasteiger partial charge in [0.25, 0.3) is 0 Å². The van der Waals surface area contributed by atoms with Crippen LogP contribution in [0.3, 0.4) is 0 Å². The molecule has 0 saturated carbocycles. The van der Waals surface area contributed by atoms with Crippen molar-refractivity contribution in [2.75, 3.05) is 7.05 Å². The Morgan fingerprint density at radius 1 is 1.17 bits per heavy atom. The van der Waals surface area contributed by atoms with Gasteiger partial charge in [-0.25, -0.2) is 0 Å². The van der Waals surface area contributed by atoms with Crippen LogP contribution >= 0.6 is 0 Å². The average Bonchev–Trinajstić information content (AvgIpc) is 2.99. The average molecular weight is 240 g/mol. The lowest BCUT2D eigenvalue weighted by molar-refractivity contribution is 0.694. The molecule has 0 spiro atoms. The molecule has 0 atom stereocenters. The summed E-state index contributed by atoms with van der Waals surface area (Å²) in [6.07, 6.45) is 6.02. The van der Waals surface area contributed by atoms with Crippen LogP contribution in [-0.2, 0) is 25.9 Å². The third kappa shape index (κ3) is 2.21. The third-order valence-electron chi connectivity index (χ3n) is 3.80. The maximum absolute atomic E-state index is 3.22. The first-order valence-corrected chi connectivity index (χ1v) is 6.76. The van der Waals surface area contributed by atoms with Gasteiger partial charge in [0.1, 0.15) is 0 Å². The fourth-order valence-corrected chi connectivity index (χ4v) is 2.87. The number of aromatic nitrogens is 1. The highest BCUT2D eigenvalue weighted by atomic mass is 15.0. The summed E-state index contributed by atoms with van der Waals surface area (Å²) in [5, 5.41) is 3.22. The molecular formula is C16H20N2. The second kappa shape index (κ2) is 4.99. The first-order chi connectivity index (χ1) is 8.86. The molecule has 0 bridgehead atoms. The Bertz CT molecular complexity index is 540. The van der Waals surface area contributed by atoms with Gasteiger partial charge in [-0.15, -0.1) is 0 Å². The van der Waals surface area contributed by atoms with Crippen LogP contribution in [0.1, 0.15) is 28.8 Å². The molecule has 0 aliphatic heterocycles. The first-order valence-electron chi connectivity index (χ1n) is 6.76. The Labute approximate surface area is 109 Å². The molecule has 1 aliphatic carbocycles. The summed E-state index contributed by atoms with van der Waals surface area (Å²) < 4.78 is 2.33. The molecule has 1 aromatic carbocycles. The van der Waals surface area contributed by atoms with E-state index in [1.54, 1.807) is 11.1 Å². The van der Waals surface area contributed by atoms with Crippen LogP contribution in [0.15, 0.2) is 36.5 Å². The van der Waals surface area contributed by atoms with Crippen molar-refractivity contribution in [3.63, 3.8) is 0 Å². The highest BCUT2D eigenvalue weighted by Crippen LogP contribution is 2.23. The van der Waals surface area contributed by atoms with Crippen LogP contribution in [0.4, 0.5) is 0 Å². The van der Waals surface area contributed by atoms with E-state index in [-0.39, 0.29) is 0 Å². The van der Waals surface area contributed by atoms with E-state index < -0.39 is 0 Å². The number of nitrogens with one attached hydrogen (secondary N) is 1. The normalized spacial score (nSPS) is 13.8. The quantitative estimate of drug-likeness (QED) is 0.869. The van der Waals surface area contributed by atoms with E-state index in [2.05, 4.69) is 46.4 Å². The minimum Gasteiger partial charge on any atom is -0.346 e. The van der Waals surface area contributed by atoms with Gasteiger partial charge in [-0.05, 0) is 55.1 Å². The Hall–Kier alpha value is -1.54. The van der Waals surface area contributed by atoms with E-state index in [1.165, 1.54) is 30.5 Å². The summed E-state index contributed by atoms with van der Waals surface area (Å²) in [5.74, 6) is 0. The Balaban J connectivity index is 1.81. The van der Waals surface area contributed by atoms with Crippen molar-refractivity contribution >= 4 is 0 Å². The molecule has 2 heteroatoms. The third-order valence-corrected chi connectivity index (χ3v) is 3.80. The van der Waals surface area contributed by atoms with Crippen molar-refractivity contribution in [1.29, 1.82) is 0 Å². The van der Waals surface area contributed by atoms with E-state index >= 15 is 0 Å². The van der Waals surface area contributed by atoms with Crippen LogP contribution in [0.25, 0.3) is 0 Å². The Kier molecular flexibility index (Phi) is 3.20. The molecule has 2 nitrogen and oxygen atoms in total. The molecule has 3 rings (SSSR count). The molecule has 1 heterocycles. The molecule has 1 aromatic heterocycles. The largest absolute Gasteiger partial charge is 0.346 e. The molecule has 0 saturated heterocycles. The topological polar surface area (TPSA) is 17.0 Å². The van der Waals surface area contributed by atoms with Crippen molar-refractivity contribution in [3.8, 4) is 0 Å². The molecule has 18 heavy (non-hydrogen) atoms. The number of fused-ring (bicyclic) bond motifs is 1. The van der Waals surface area contributed by atoms with Gasteiger partial charge in [-0.1, -0.05) is 18.2 Å². The van der Waals surface area contributed by atoms with E-state index in [0.29, 0.717) is 0 Å². The van der Waals surface area contributed by atoms with Crippen molar-refractivity contribution in [1.82, 2.24) is 9.88 Å². The predicted octanol–water partition coefficient (Wildman–Crippen LogP) is 2.74. The minimum absolute atomic E-state index is 0.929. The van der Waals surface area contributed by atoms with Crippen molar-refractivity contribution < 1.29 is 0 Å². The molecular weight excluding hydrogens is 220 g/mol. The molecule has 2 aromatic rings. The van der Waals surface area contributed by atoms with Gasteiger partial charge in [-0.2, -0.15) is 0 Å². The molecule has 0 unspecified atom stereocenters. The number of hydrogen-bond acceptors (Lipinski definition) is 1. The zero-order valence-corrected chi connectivity index (χ0v) is 10.9. The fourth-order valence-electron chi connectivity index (χ4n) is 2.87. The number of benzene rings is 1.